The minimum atomic E-state index is -0.271. The number of nitrogens with zero attached hydrogens (tertiary/aromatic N) is 3. The Hall–Kier alpha value is -2.47. The zero-order chi connectivity index (χ0) is 16.4. The van der Waals surface area contributed by atoms with Gasteiger partial charge in [-0.05, 0) is 49.8 Å². The second kappa shape index (κ2) is 6.20. The lowest BCUT2D eigenvalue weighted by atomic mass is 10.1. The van der Waals surface area contributed by atoms with Gasteiger partial charge in [0.15, 0.2) is 5.65 Å². The number of benzene rings is 1. The van der Waals surface area contributed by atoms with Crippen LogP contribution in [0.5, 0.6) is 0 Å². The fourth-order valence-corrected chi connectivity index (χ4v) is 3.28. The number of H-pyrrole nitrogens is 1. The average Bonchev–Trinajstić information content (AvgIpc) is 3.04. The summed E-state index contributed by atoms with van der Waals surface area (Å²) in [6, 6.07) is 8.48. The number of nitrogens with one attached hydrogen (secondary N) is 2. The maximum Gasteiger partial charge on any atom is 0.160 e. The van der Waals surface area contributed by atoms with Crippen LogP contribution in [0.4, 0.5) is 5.82 Å². The van der Waals surface area contributed by atoms with Gasteiger partial charge in [-0.1, -0.05) is 18.2 Å². The summed E-state index contributed by atoms with van der Waals surface area (Å²) in [6.45, 7) is 2.72. The van der Waals surface area contributed by atoms with Crippen molar-refractivity contribution in [1.82, 2.24) is 20.2 Å². The van der Waals surface area contributed by atoms with Crippen LogP contribution in [0.15, 0.2) is 36.8 Å². The Labute approximate surface area is 140 Å². The molecule has 6 nitrogen and oxygen atoms in total. The Balaban J connectivity index is 0.000000201. The van der Waals surface area contributed by atoms with Gasteiger partial charge in [-0.25, -0.2) is 9.97 Å². The molecule has 6 heteroatoms. The van der Waals surface area contributed by atoms with E-state index in [2.05, 4.69) is 49.7 Å². The fraction of sp³-hybridized carbons (Fsp3) is 0.389. The molecule has 0 aromatic carbocycles. The van der Waals surface area contributed by atoms with Gasteiger partial charge >= 0.3 is 0 Å². The molecule has 2 heterocycles. The molecule has 0 radical (unpaired) electrons. The van der Waals surface area contributed by atoms with Gasteiger partial charge in [0.2, 0.25) is 0 Å². The van der Waals surface area contributed by atoms with Crippen molar-refractivity contribution in [2.24, 2.45) is 0 Å². The smallest absolute Gasteiger partial charge is 0.160 e. The van der Waals surface area contributed by atoms with Crippen molar-refractivity contribution >= 4 is 16.9 Å². The van der Waals surface area contributed by atoms with E-state index >= 15 is 0 Å². The van der Waals surface area contributed by atoms with E-state index in [-0.39, 0.29) is 5.72 Å². The first kappa shape index (κ1) is 15.1. The zero-order valence-corrected chi connectivity index (χ0v) is 13.7. The fourth-order valence-electron chi connectivity index (χ4n) is 3.28. The van der Waals surface area contributed by atoms with Crippen LogP contribution in [0, 0.1) is 0 Å². The Morgan fingerprint density at radius 2 is 2.00 bits per heavy atom. The molecule has 2 aromatic heterocycles. The lowest BCUT2D eigenvalue weighted by Gasteiger charge is -2.30. The van der Waals surface area contributed by atoms with Gasteiger partial charge in [0.1, 0.15) is 17.9 Å². The third kappa shape index (κ3) is 2.97. The average molecular weight is 323 g/mol. The largest absolute Gasteiger partial charge is 0.356 e. The van der Waals surface area contributed by atoms with Crippen LogP contribution in [0.3, 0.4) is 0 Å². The van der Waals surface area contributed by atoms with E-state index in [0.717, 1.165) is 29.7 Å². The van der Waals surface area contributed by atoms with Crippen LogP contribution in [-0.2, 0) is 4.74 Å². The number of hydrogen-bond donors (Lipinski definition) is 2. The van der Waals surface area contributed by atoms with Crippen molar-refractivity contribution in [2.75, 3.05) is 11.9 Å². The van der Waals surface area contributed by atoms with Gasteiger partial charge in [-0.15, -0.1) is 0 Å². The van der Waals surface area contributed by atoms with Gasteiger partial charge in [0, 0.05) is 6.61 Å². The second-order valence-electron chi connectivity index (χ2n) is 6.19. The molecule has 3 aliphatic carbocycles. The van der Waals surface area contributed by atoms with Crippen LogP contribution in [-0.4, -0.2) is 32.5 Å². The number of fused-ring (bicyclic) bond motifs is 2. The third-order valence-corrected chi connectivity index (χ3v) is 4.54. The molecule has 0 spiro atoms. The molecule has 3 aliphatic rings. The molecular weight excluding hydrogens is 302 g/mol. The number of anilines is 1. The summed E-state index contributed by atoms with van der Waals surface area (Å²) in [5, 5.41) is 11.2. The molecule has 0 bridgehead atoms. The highest BCUT2D eigenvalue weighted by Gasteiger charge is 2.35. The van der Waals surface area contributed by atoms with Crippen LogP contribution in [0.2, 0.25) is 0 Å². The number of ether oxygens (including phenoxy) is 1. The Morgan fingerprint density at radius 1 is 1.21 bits per heavy atom. The number of aromatic amines is 1. The summed E-state index contributed by atoms with van der Waals surface area (Å²) in [7, 11) is 0. The maximum absolute atomic E-state index is 5.92. The van der Waals surface area contributed by atoms with E-state index in [9.17, 15) is 0 Å². The Morgan fingerprint density at radius 3 is 2.62 bits per heavy atom. The monoisotopic (exact) mass is 323 g/mol. The molecule has 0 atom stereocenters. The second-order valence-corrected chi connectivity index (χ2v) is 6.19. The van der Waals surface area contributed by atoms with Crippen molar-refractivity contribution in [2.45, 2.75) is 38.3 Å². The first-order valence-corrected chi connectivity index (χ1v) is 8.46. The molecule has 0 aliphatic heterocycles. The summed E-state index contributed by atoms with van der Waals surface area (Å²) in [5.41, 5.74) is 3.33. The maximum atomic E-state index is 5.92. The Kier molecular flexibility index (Phi) is 3.90. The van der Waals surface area contributed by atoms with Gasteiger partial charge in [0.05, 0.1) is 11.6 Å². The predicted molar refractivity (Wildman–Crippen MR) is 93.6 cm³/mol. The van der Waals surface area contributed by atoms with E-state index in [1.165, 1.54) is 30.3 Å². The van der Waals surface area contributed by atoms with E-state index < -0.39 is 0 Å². The molecule has 1 fully saturated rings. The van der Waals surface area contributed by atoms with Crippen molar-refractivity contribution < 1.29 is 4.74 Å². The van der Waals surface area contributed by atoms with Gasteiger partial charge in [-0.3, -0.25) is 5.10 Å². The first-order valence-electron chi connectivity index (χ1n) is 8.46. The normalized spacial score (nSPS) is 16.5. The summed E-state index contributed by atoms with van der Waals surface area (Å²) in [6.07, 6.45) is 7.69. The lowest BCUT2D eigenvalue weighted by molar-refractivity contribution is -0.0113. The van der Waals surface area contributed by atoms with Gasteiger partial charge in [0.25, 0.3) is 0 Å². The molecule has 2 N–H and O–H groups in total. The molecule has 5 rings (SSSR count). The van der Waals surface area contributed by atoms with Crippen molar-refractivity contribution in [1.29, 1.82) is 0 Å². The third-order valence-electron chi connectivity index (χ3n) is 4.54. The molecular formula is C18H21N5O. The van der Waals surface area contributed by atoms with Crippen molar-refractivity contribution in [3.63, 3.8) is 0 Å². The summed E-state index contributed by atoms with van der Waals surface area (Å²) < 4.78 is 5.92. The number of hydrogen-bond acceptors (Lipinski definition) is 5. The number of aromatic nitrogens is 4. The van der Waals surface area contributed by atoms with Crippen molar-refractivity contribution in [3.05, 3.63) is 36.8 Å². The highest BCUT2D eigenvalue weighted by molar-refractivity contribution is 5.85. The Bertz CT molecular complexity index is 821. The predicted octanol–water partition coefficient (Wildman–Crippen LogP) is 3.74. The van der Waals surface area contributed by atoms with Gasteiger partial charge < -0.3 is 10.1 Å². The molecule has 1 saturated carbocycles. The minimum Gasteiger partial charge on any atom is -0.356 e. The first-order chi connectivity index (χ1) is 11.8. The zero-order valence-electron chi connectivity index (χ0n) is 13.7. The summed E-state index contributed by atoms with van der Waals surface area (Å²) >= 11 is 0. The SMILES string of the molecule is CCOC1(Nc2ncnc3[nH]ncc23)CCCC1.c1cc2cc-2c1. The van der Waals surface area contributed by atoms with E-state index in [1.54, 1.807) is 6.20 Å². The van der Waals surface area contributed by atoms with Gasteiger partial charge in [-0.2, -0.15) is 5.10 Å². The summed E-state index contributed by atoms with van der Waals surface area (Å²) in [5.74, 6) is 0.795. The van der Waals surface area contributed by atoms with Crippen LogP contribution >= 0.6 is 0 Å². The minimum absolute atomic E-state index is 0.271. The molecule has 0 unspecified atom stereocenters. The highest BCUT2D eigenvalue weighted by Crippen LogP contribution is 2.35. The topological polar surface area (TPSA) is 75.7 Å². The molecule has 0 saturated heterocycles. The highest BCUT2D eigenvalue weighted by atomic mass is 16.5. The molecule has 124 valence electrons. The van der Waals surface area contributed by atoms with Crippen molar-refractivity contribution in [3.8, 4) is 11.1 Å². The van der Waals surface area contributed by atoms with Crippen LogP contribution < -0.4 is 5.32 Å². The molecule has 2 aromatic rings. The molecule has 0 amide bonds. The van der Waals surface area contributed by atoms with Crippen LogP contribution in [0.25, 0.3) is 22.2 Å². The number of rotatable bonds is 4. The van der Waals surface area contributed by atoms with E-state index in [4.69, 9.17) is 4.74 Å². The standard InChI is InChI=1S/C12H17N5O.C6H4/c1-2-18-12(5-3-4-6-12)16-10-9-7-15-17-11(9)14-8-13-10;1-2-5-4-6(5)3-1/h7-8H,2-6H2,1H3,(H2,13,14,15,16,17);1-4H. The molecule has 24 heavy (non-hydrogen) atoms. The van der Waals surface area contributed by atoms with Crippen LogP contribution in [0.1, 0.15) is 32.6 Å². The summed E-state index contributed by atoms with van der Waals surface area (Å²) in [4.78, 5) is 8.44. The quantitative estimate of drug-likeness (QED) is 0.560. The van der Waals surface area contributed by atoms with E-state index in [1.807, 2.05) is 6.92 Å². The lowest BCUT2D eigenvalue weighted by Crippen LogP contribution is -2.38. The van der Waals surface area contributed by atoms with E-state index in [0.29, 0.717) is 6.61 Å².